The van der Waals surface area contributed by atoms with Crippen LogP contribution in [0, 0.1) is 0 Å². The number of ether oxygens (including phenoxy) is 1. The molecule has 0 bridgehead atoms. The van der Waals surface area contributed by atoms with Crippen LogP contribution in [0.1, 0.15) is 12.8 Å². The van der Waals surface area contributed by atoms with Crippen LogP contribution in [0.15, 0.2) is 16.6 Å². The van der Waals surface area contributed by atoms with Gasteiger partial charge in [-0.05, 0) is 34.5 Å². The number of carbonyl (C=O) groups excluding carboxylic acids is 1. The molecule has 1 aromatic carbocycles. The molecule has 1 aromatic rings. The summed E-state index contributed by atoms with van der Waals surface area (Å²) in [4.78, 5) is 11.4. The Balaban J connectivity index is 2.77. The minimum atomic E-state index is -0.370. The Morgan fingerprint density at radius 3 is 2.62 bits per heavy atom. The average molecular weight is 346 g/mol. The van der Waals surface area contributed by atoms with E-state index in [0.717, 1.165) is 0 Å². The fourth-order valence-corrected chi connectivity index (χ4v) is 2.46. The van der Waals surface area contributed by atoms with Crippen LogP contribution in [0.4, 0.5) is 0 Å². The van der Waals surface area contributed by atoms with Gasteiger partial charge in [0.25, 0.3) is 0 Å². The van der Waals surface area contributed by atoms with Gasteiger partial charge in [0.2, 0.25) is 0 Å². The zero-order chi connectivity index (χ0) is 12.1. The van der Waals surface area contributed by atoms with Crippen molar-refractivity contribution in [3.63, 3.8) is 0 Å². The molecule has 0 radical (unpaired) electrons. The predicted octanol–water partition coefficient (Wildman–Crippen LogP) is 4.68. The van der Waals surface area contributed by atoms with Gasteiger partial charge in [0.15, 0.2) is 5.75 Å². The first-order valence-electron chi connectivity index (χ1n) is 4.45. The molecule has 0 aliphatic rings. The number of halogens is 4. The molecular formula is C10H8BrCl3O2. The van der Waals surface area contributed by atoms with E-state index in [-0.39, 0.29) is 18.1 Å². The molecule has 0 unspecified atom stereocenters. The molecule has 0 aliphatic carbocycles. The van der Waals surface area contributed by atoms with E-state index in [1.165, 1.54) is 6.07 Å². The molecule has 0 spiro atoms. The zero-order valence-electron chi connectivity index (χ0n) is 8.10. The molecule has 0 saturated heterocycles. The van der Waals surface area contributed by atoms with E-state index in [1.807, 2.05) is 0 Å². The van der Waals surface area contributed by atoms with Gasteiger partial charge < -0.3 is 4.74 Å². The minimum absolute atomic E-state index is 0.259. The smallest absolute Gasteiger partial charge is 0.311 e. The highest BCUT2D eigenvalue weighted by atomic mass is 79.9. The van der Waals surface area contributed by atoms with Gasteiger partial charge in [-0.3, -0.25) is 4.79 Å². The van der Waals surface area contributed by atoms with Crippen molar-refractivity contribution in [2.75, 3.05) is 5.88 Å². The Bertz CT molecular complexity index is 373. The van der Waals surface area contributed by atoms with Crippen molar-refractivity contribution in [2.24, 2.45) is 0 Å². The van der Waals surface area contributed by atoms with Gasteiger partial charge in [0, 0.05) is 17.3 Å². The molecule has 0 saturated carbocycles. The number of esters is 1. The van der Waals surface area contributed by atoms with Crippen molar-refractivity contribution in [1.29, 1.82) is 0 Å². The molecule has 0 amide bonds. The summed E-state index contributed by atoms with van der Waals surface area (Å²) in [6.07, 6.45) is 0.831. The Kier molecular flexibility index (Phi) is 5.90. The molecule has 88 valence electrons. The lowest BCUT2D eigenvalue weighted by Gasteiger charge is -2.08. The normalized spacial score (nSPS) is 10.2. The fraction of sp³-hybridized carbons (Fsp3) is 0.300. The van der Waals surface area contributed by atoms with Gasteiger partial charge in [0.05, 0.1) is 9.50 Å². The van der Waals surface area contributed by atoms with Crippen molar-refractivity contribution in [2.45, 2.75) is 12.8 Å². The summed E-state index contributed by atoms with van der Waals surface area (Å²) < 4.78 is 5.64. The van der Waals surface area contributed by atoms with Gasteiger partial charge in [-0.25, -0.2) is 0 Å². The summed E-state index contributed by atoms with van der Waals surface area (Å²) in [6, 6.07) is 3.12. The molecule has 6 heteroatoms. The van der Waals surface area contributed by atoms with Crippen molar-refractivity contribution < 1.29 is 9.53 Å². The lowest BCUT2D eigenvalue weighted by Crippen LogP contribution is -2.08. The summed E-state index contributed by atoms with van der Waals surface area (Å²) in [7, 11) is 0. The lowest BCUT2D eigenvalue weighted by atomic mass is 10.3. The first-order chi connectivity index (χ1) is 7.54. The second-order valence-corrected chi connectivity index (χ2v) is 5.04. The summed E-state index contributed by atoms with van der Waals surface area (Å²) in [5, 5.41) is 0.760. The molecule has 2 nitrogen and oxygen atoms in total. The Morgan fingerprint density at radius 1 is 1.38 bits per heavy atom. The number of hydrogen-bond donors (Lipinski definition) is 0. The van der Waals surface area contributed by atoms with Crippen LogP contribution < -0.4 is 4.74 Å². The Labute approximate surface area is 117 Å². The number of alkyl halides is 1. The molecule has 0 N–H and O–H groups in total. The van der Waals surface area contributed by atoms with E-state index in [2.05, 4.69) is 15.9 Å². The molecule has 0 fully saturated rings. The molecule has 1 rings (SSSR count). The van der Waals surface area contributed by atoms with Crippen molar-refractivity contribution in [3.8, 4) is 5.75 Å². The maximum absolute atomic E-state index is 11.4. The van der Waals surface area contributed by atoms with Crippen LogP contribution >= 0.6 is 50.7 Å². The number of rotatable bonds is 4. The lowest BCUT2D eigenvalue weighted by molar-refractivity contribution is -0.134. The largest absolute Gasteiger partial charge is 0.424 e. The topological polar surface area (TPSA) is 26.3 Å². The quantitative estimate of drug-likeness (QED) is 0.449. The maximum atomic E-state index is 11.4. The summed E-state index contributed by atoms with van der Waals surface area (Å²) in [5.41, 5.74) is 0. The van der Waals surface area contributed by atoms with Crippen LogP contribution in [0.2, 0.25) is 10.0 Å². The van der Waals surface area contributed by atoms with Crippen LogP contribution in [0.5, 0.6) is 5.75 Å². The van der Waals surface area contributed by atoms with Crippen molar-refractivity contribution in [3.05, 3.63) is 26.7 Å². The monoisotopic (exact) mass is 344 g/mol. The molecule has 16 heavy (non-hydrogen) atoms. The predicted molar refractivity (Wildman–Crippen MR) is 69.8 cm³/mol. The highest BCUT2D eigenvalue weighted by molar-refractivity contribution is 9.10. The third-order valence-electron chi connectivity index (χ3n) is 1.69. The zero-order valence-corrected chi connectivity index (χ0v) is 12.0. The van der Waals surface area contributed by atoms with Gasteiger partial charge >= 0.3 is 5.97 Å². The third-order valence-corrected chi connectivity index (χ3v) is 3.05. The molecular weight excluding hydrogens is 338 g/mol. The molecule has 0 heterocycles. The van der Waals surface area contributed by atoms with Gasteiger partial charge in [-0.1, -0.05) is 23.2 Å². The number of benzene rings is 1. The second kappa shape index (κ2) is 6.70. The molecule has 0 aromatic heterocycles. The van der Waals surface area contributed by atoms with E-state index in [4.69, 9.17) is 39.5 Å². The SMILES string of the molecule is O=C(CCCCl)Oc1c(Cl)cc(Cl)cc1Br. The average Bonchev–Trinajstić information content (AvgIpc) is 2.20. The fourth-order valence-electron chi connectivity index (χ4n) is 1.00. The summed E-state index contributed by atoms with van der Waals surface area (Å²) in [5.74, 6) is 0.334. The van der Waals surface area contributed by atoms with Gasteiger partial charge in [0.1, 0.15) is 0 Å². The van der Waals surface area contributed by atoms with Crippen LogP contribution in [0.3, 0.4) is 0 Å². The molecule has 0 aliphatic heterocycles. The van der Waals surface area contributed by atoms with Gasteiger partial charge in [-0.2, -0.15) is 0 Å². The Hall–Kier alpha value is 0.0400. The number of carbonyl (C=O) groups is 1. The van der Waals surface area contributed by atoms with E-state index in [9.17, 15) is 4.79 Å². The Morgan fingerprint density at radius 2 is 2.06 bits per heavy atom. The maximum Gasteiger partial charge on any atom is 0.311 e. The summed E-state index contributed by atoms with van der Waals surface area (Å²) in [6.45, 7) is 0. The van der Waals surface area contributed by atoms with Crippen LogP contribution in [0.25, 0.3) is 0 Å². The first kappa shape index (κ1) is 14.1. The minimum Gasteiger partial charge on any atom is -0.424 e. The highest BCUT2D eigenvalue weighted by Gasteiger charge is 2.12. The standard InChI is InChI=1S/C10H8BrCl3O2/c11-7-4-6(13)5-8(14)10(7)16-9(15)2-1-3-12/h4-5H,1-3H2. The van der Waals surface area contributed by atoms with Gasteiger partial charge in [-0.15, -0.1) is 11.6 Å². The van der Waals surface area contributed by atoms with E-state index in [0.29, 0.717) is 26.8 Å². The van der Waals surface area contributed by atoms with E-state index < -0.39 is 0 Å². The van der Waals surface area contributed by atoms with Crippen molar-refractivity contribution >= 4 is 56.7 Å². The first-order valence-corrected chi connectivity index (χ1v) is 6.54. The van der Waals surface area contributed by atoms with E-state index >= 15 is 0 Å². The summed E-state index contributed by atoms with van der Waals surface area (Å²) >= 11 is 20.4. The second-order valence-electron chi connectivity index (χ2n) is 2.97. The third kappa shape index (κ3) is 4.13. The van der Waals surface area contributed by atoms with Crippen molar-refractivity contribution in [1.82, 2.24) is 0 Å². The molecule has 0 atom stereocenters. The van der Waals surface area contributed by atoms with Crippen LogP contribution in [-0.2, 0) is 4.79 Å². The highest BCUT2D eigenvalue weighted by Crippen LogP contribution is 2.36. The van der Waals surface area contributed by atoms with Crippen LogP contribution in [-0.4, -0.2) is 11.8 Å². The van der Waals surface area contributed by atoms with E-state index in [1.54, 1.807) is 6.07 Å². The number of hydrogen-bond acceptors (Lipinski definition) is 2.